The van der Waals surface area contributed by atoms with Gasteiger partial charge in [-0.2, -0.15) is 0 Å². The fourth-order valence-corrected chi connectivity index (χ4v) is 1.14. The van der Waals surface area contributed by atoms with Crippen molar-refractivity contribution in [3.63, 3.8) is 0 Å². The highest BCUT2D eigenvalue weighted by Gasteiger charge is 2.21. The number of methoxy groups -OCH3 is 1. The third-order valence-corrected chi connectivity index (χ3v) is 1.84. The van der Waals surface area contributed by atoms with Gasteiger partial charge < -0.3 is 14.8 Å². The molecule has 0 bridgehead atoms. The van der Waals surface area contributed by atoms with Gasteiger partial charge in [0, 0.05) is 5.46 Å². The summed E-state index contributed by atoms with van der Waals surface area (Å²) in [6.07, 6.45) is 0. The molecule has 70 valence electrons. The summed E-state index contributed by atoms with van der Waals surface area (Å²) >= 11 is 0. The van der Waals surface area contributed by atoms with Gasteiger partial charge in [0.25, 0.3) is 0 Å². The second-order valence-corrected chi connectivity index (χ2v) is 2.69. The normalized spacial score (nSPS) is 9.92. The molecule has 0 unspecified atom stereocenters. The molecule has 0 atom stereocenters. The maximum atomic E-state index is 13.3. The van der Waals surface area contributed by atoms with Crippen molar-refractivity contribution in [3.8, 4) is 5.75 Å². The average molecular weight is 184 g/mol. The van der Waals surface area contributed by atoms with Gasteiger partial charge in [0.2, 0.25) is 0 Å². The quantitative estimate of drug-likeness (QED) is 0.627. The van der Waals surface area contributed by atoms with Crippen LogP contribution in [0.25, 0.3) is 0 Å². The zero-order chi connectivity index (χ0) is 10.0. The second kappa shape index (κ2) is 3.76. The van der Waals surface area contributed by atoms with Crippen molar-refractivity contribution in [2.75, 3.05) is 7.11 Å². The van der Waals surface area contributed by atoms with Crippen LogP contribution in [-0.4, -0.2) is 24.3 Å². The first-order valence-electron chi connectivity index (χ1n) is 3.77. The first-order chi connectivity index (χ1) is 6.07. The lowest BCUT2D eigenvalue weighted by Gasteiger charge is -2.09. The summed E-state index contributed by atoms with van der Waals surface area (Å²) in [4.78, 5) is 0. The van der Waals surface area contributed by atoms with Crippen LogP contribution in [0, 0.1) is 12.7 Å². The highest BCUT2D eigenvalue weighted by atomic mass is 19.1. The van der Waals surface area contributed by atoms with Crippen molar-refractivity contribution >= 4 is 12.6 Å². The van der Waals surface area contributed by atoms with Crippen LogP contribution in [0.15, 0.2) is 12.1 Å². The smallest absolute Gasteiger partial charge is 0.491 e. The van der Waals surface area contributed by atoms with Gasteiger partial charge in [-0.05, 0) is 18.6 Å². The fourth-order valence-electron chi connectivity index (χ4n) is 1.14. The molecular weight excluding hydrogens is 174 g/mol. The van der Waals surface area contributed by atoms with Gasteiger partial charge in [-0.15, -0.1) is 0 Å². The Morgan fingerprint density at radius 3 is 2.46 bits per heavy atom. The summed E-state index contributed by atoms with van der Waals surface area (Å²) in [5.74, 6) is -0.716. The lowest BCUT2D eigenvalue weighted by molar-refractivity contribution is 0.383. The van der Waals surface area contributed by atoms with E-state index < -0.39 is 12.9 Å². The molecule has 1 rings (SSSR count). The Morgan fingerprint density at radius 2 is 2.00 bits per heavy atom. The third-order valence-electron chi connectivity index (χ3n) is 1.84. The number of halogens is 1. The molecule has 5 heteroatoms. The zero-order valence-corrected chi connectivity index (χ0v) is 7.41. The molecule has 13 heavy (non-hydrogen) atoms. The lowest BCUT2D eigenvalue weighted by atomic mass is 9.77. The Bertz CT molecular complexity index is 315. The molecule has 1 aromatic rings. The summed E-state index contributed by atoms with van der Waals surface area (Å²) in [5, 5.41) is 17.7. The van der Waals surface area contributed by atoms with Gasteiger partial charge in [0.15, 0.2) is 11.6 Å². The highest BCUT2D eigenvalue weighted by molar-refractivity contribution is 6.59. The van der Waals surface area contributed by atoms with Crippen molar-refractivity contribution in [1.82, 2.24) is 0 Å². The van der Waals surface area contributed by atoms with Crippen LogP contribution in [0.4, 0.5) is 4.39 Å². The third kappa shape index (κ3) is 1.81. The summed E-state index contributed by atoms with van der Waals surface area (Å²) in [6.45, 7) is 1.59. The van der Waals surface area contributed by atoms with E-state index in [2.05, 4.69) is 0 Å². The van der Waals surface area contributed by atoms with Gasteiger partial charge in [0.05, 0.1) is 7.11 Å². The van der Waals surface area contributed by atoms with E-state index >= 15 is 0 Å². The number of rotatable bonds is 2. The number of ether oxygens (including phenoxy) is 1. The lowest BCUT2D eigenvalue weighted by Crippen LogP contribution is -2.35. The van der Waals surface area contributed by atoms with Crippen LogP contribution in [0.2, 0.25) is 0 Å². The molecule has 0 radical (unpaired) electrons. The van der Waals surface area contributed by atoms with E-state index in [0.717, 1.165) is 0 Å². The van der Waals surface area contributed by atoms with Crippen LogP contribution in [-0.2, 0) is 0 Å². The Morgan fingerprint density at radius 1 is 1.38 bits per heavy atom. The Labute approximate surface area is 75.9 Å². The molecule has 0 spiro atoms. The van der Waals surface area contributed by atoms with Crippen molar-refractivity contribution in [2.24, 2.45) is 0 Å². The Hall–Kier alpha value is -1.07. The van der Waals surface area contributed by atoms with Gasteiger partial charge in [-0.25, -0.2) is 4.39 Å². The standard InChI is InChI=1S/C8H10BFO3/c1-5-3-4-6(13-2)8(10)7(5)9(11)12/h3-4,11-12H,1-2H3. The van der Waals surface area contributed by atoms with E-state index in [4.69, 9.17) is 14.8 Å². The Balaban J connectivity index is 3.30. The van der Waals surface area contributed by atoms with Crippen molar-refractivity contribution in [3.05, 3.63) is 23.5 Å². The van der Waals surface area contributed by atoms with Crippen LogP contribution in [0.5, 0.6) is 5.75 Å². The van der Waals surface area contributed by atoms with Gasteiger partial charge in [-0.1, -0.05) is 6.07 Å². The molecule has 0 heterocycles. The summed E-state index contributed by atoms with van der Waals surface area (Å²) in [6, 6.07) is 3.01. The maximum Gasteiger partial charge on any atom is 0.491 e. The first kappa shape index (κ1) is 10.0. The Kier molecular flexibility index (Phi) is 2.90. The summed E-state index contributed by atoms with van der Waals surface area (Å²) in [7, 11) is -0.489. The molecular formula is C8H10BFO3. The predicted molar refractivity (Wildman–Crippen MR) is 47.5 cm³/mol. The van der Waals surface area contributed by atoms with Crippen molar-refractivity contribution in [2.45, 2.75) is 6.92 Å². The second-order valence-electron chi connectivity index (χ2n) is 2.69. The SMILES string of the molecule is COc1ccc(C)c(B(O)O)c1F. The molecule has 0 saturated carbocycles. The highest BCUT2D eigenvalue weighted by Crippen LogP contribution is 2.15. The molecule has 0 fully saturated rings. The number of benzene rings is 1. The molecule has 0 saturated heterocycles. The zero-order valence-electron chi connectivity index (χ0n) is 7.41. The molecule has 3 nitrogen and oxygen atoms in total. The van der Waals surface area contributed by atoms with Gasteiger partial charge in [0.1, 0.15) is 0 Å². The van der Waals surface area contributed by atoms with E-state index in [1.165, 1.54) is 13.2 Å². The van der Waals surface area contributed by atoms with E-state index in [1.807, 2.05) is 0 Å². The number of hydrogen-bond donors (Lipinski definition) is 2. The van der Waals surface area contributed by atoms with Crippen LogP contribution < -0.4 is 10.2 Å². The topological polar surface area (TPSA) is 49.7 Å². The molecule has 2 N–H and O–H groups in total. The molecule has 0 amide bonds. The fraction of sp³-hybridized carbons (Fsp3) is 0.250. The number of hydrogen-bond acceptors (Lipinski definition) is 3. The first-order valence-corrected chi connectivity index (χ1v) is 3.77. The van der Waals surface area contributed by atoms with Crippen LogP contribution in [0.3, 0.4) is 0 Å². The van der Waals surface area contributed by atoms with Crippen LogP contribution in [0.1, 0.15) is 5.56 Å². The molecule has 0 aliphatic rings. The van der Waals surface area contributed by atoms with E-state index in [1.54, 1.807) is 13.0 Å². The molecule has 0 aliphatic heterocycles. The minimum absolute atomic E-state index is 0.00806. The maximum absolute atomic E-state index is 13.3. The largest absolute Gasteiger partial charge is 0.494 e. The van der Waals surface area contributed by atoms with E-state index in [9.17, 15) is 4.39 Å². The number of aryl methyl sites for hydroxylation is 1. The van der Waals surface area contributed by atoms with Crippen molar-refractivity contribution in [1.29, 1.82) is 0 Å². The minimum Gasteiger partial charge on any atom is -0.494 e. The summed E-state index contributed by atoms with van der Waals surface area (Å²) in [5.41, 5.74) is 0.340. The molecule has 1 aromatic carbocycles. The predicted octanol–water partition coefficient (Wildman–Crippen LogP) is -0.177. The van der Waals surface area contributed by atoms with Crippen LogP contribution >= 0.6 is 0 Å². The average Bonchev–Trinajstić information content (AvgIpc) is 2.04. The van der Waals surface area contributed by atoms with Crippen molar-refractivity contribution < 1.29 is 19.2 Å². The molecule has 0 aliphatic carbocycles. The monoisotopic (exact) mass is 184 g/mol. The minimum atomic E-state index is -1.81. The van der Waals surface area contributed by atoms with Gasteiger partial charge in [-0.3, -0.25) is 0 Å². The summed E-state index contributed by atoms with van der Waals surface area (Å²) < 4.78 is 18.0. The van der Waals surface area contributed by atoms with Gasteiger partial charge >= 0.3 is 7.12 Å². The molecule has 0 aromatic heterocycles. The van der Waals surface area contributed by atoms with E-state index in [-0.39, 0.29) is 11.2 Å². The van der Waals surface area contributed by atoms with E-state index in [0.29, 0.717) is 5.56 Å².